The highest BCUT2D eigenvalue weighted by molar-refractivity contribution is 5.75. The average Bonchev–Trinajstić information content (AvgIpc) is 2.65. The van der Waals surface area contributed by atoms with E-state index in [1.807, 2.05) is 31.2 Å². The largest absolute Gasteiger partial charge is 0.350 e. The van der Waals surface area contributed by atoms with Gasteiger partial charge < -0.3 is 5.32 Å². The molecular weight excluding hydrogens is 348 g/mol. The molecule has 0 fully saturated rings. The molecule has 8 heteroatoms. The number of benzene rings is 1. The molecule has 0 atom stereocenters. The molecule has 142 valence electrons. The van der Waals surface area contributed by atoms with Gasteiger partial charge in [-0.3, -0.25) is 4.79 Å². The van der Waals surface area contributed by atoms with Gasteiger partial charge in [0, 0.05) is 6.54 Å². The van der Waals surface area contributed by atoms with Crippen LogP contribution >= 0.6 is 0 Å². The Kier molecular flexibility index (Phi) is 6.48. The molecule has 1 aromatic carbocycles. The summed E-state index contributed by atoms with van der Waals surface area (Å²) in [5.74, 6) is -0.508. The standard InChI is InChI=1S/C19H22N4O4/c1-4-10-21-17(25)22(11-5-2)19(27)23(18(21)26)13-16(24)20-12-15-9-7-6-8-14(15)3/h4-9H,1-2,10-13H2,3H3,(H,20,24). The van der Waals surface area contributed by atoms with E-state index in [2.05, 4.69) is 18.5 Å². The molecule has 0 radical (unpaired) electrons. The normalized spacial score (nSPS) is 10.4. The van der Waals surface area contributed by atoms with E-state index >= 15 is 0 Å². The lowest BCUT2D eigenvalue weighted by Crippen LogP contribution is -2.55. The highest BCUT2D eigenvalue weighted by atomic mass is 16.2. The second-order valence-corrected chi connectivity index (χ2v) is 5.94. The Hall–Kier alpha value is -3.42. The fourth-order valence-corrected chi connectivity index (χ4v) is 2.59. The second kappa shape index (κ2) is 8.79. The zero-order chi connectivity index (χ0) is 20.0. The van der Waals surface area contributed by atoms with Crippen LogP contribution in [-0.2, 0) is 31.0 Å². The topological polar surface area (TPSA) is 95.1 Å². The highest BCUT2D eigenvalue weighted by Crippen LogP contribution is 2.05. The molecule has 0 aliphatic rings. The van der Waals surface area contributed by atoms with Gasteiger partial charge in [-0.05, 0) is 18.1 Å². The summed E-state index contributed by atoms with van der Waals surface area (Å²) < 4.78 is 2.45. The summed E-state index contributed by atoms with van der Waals surface area (Å²) in [6, 6.07) is 7.55. The molecule has 0 unspecified atom stereocenters. The van der Waals surface area contributed by atoms with Gasteiger partial charge in [0.1, 0.15) is 6.54 Å². The molecule has 2 aromatic rings. The molecule has 1 amide bonds. The number of rotatable bonds is 8. The molecule has 27 heavy (non-hydrogen) atoms. The molecule has 8 nitrogen and oxygen atoms in total. The van der Waals surface area contributed by atoms with Gasteiger partial charge in [-0.1, -0.05) is 36.4 Å². The molecule has 0 aliphatic carbocycles. The van der Waals surface area contributed by atoms with Crippen molar-refractivity contribution >= 4 is 5.91 Å². The predicted molar refractivity (Wildman–Crippen MR) is 103 cm³/mol. The zero-order valence-corrected chi connectivity index (χ0v) is 15.2. The van der Waals surface area contributed by atoms with E-state index < -0.39 is 29.5 Å². The van der Waals surface area contributed by atoms with Gasteiger partial charge in [0.05, 0.1) is 13.1 Å². The molecule has 0 saturated heterocycles. The molecule has 0 bridgehead atoms. The third-order valence-corrected chi connectivity index (χ3v) is 4.05. The van der Waals surface area contributed by atoms with Gasteiger partial charge in [0.15, 0.2) is 0 Å². The van der Waals surface area contributed by atoms with Gasteiger partial charge >= 0.3 is 17.1 Å². The predicted octanol–water partition coefficient (Wildman–Crippen LogP) is 0.169. The number of hydrogen-bond acceptors (Lipinski definition) is 4. The summed E-state index contributed by atoms with van der Waals surface area (Å²) >= 11 is 0. The number of aromatic nitrogens is 3. The van der Waals surface area contributed by atoms with E-state index in [1.165, 1.54) is 12.2 Å². The molecule has 0 aliphatic heterocycles. The minimum atomic E-state index is -0.851. The van der Waals surface area contributed by atoms with Crippen molar-refractivity contribution in [1.82, 2.24) is 19.0 Å². The summed E-state index contributed by atoms with van der Waals surface area (Å²) in [7, 11) is 0. The summed E-state index contributed by atoms with van der Waals surface area (Å²) in [4.78, 5) is 49.5. The van der Waals surface area contributed by atoms with Crippen molar-refractivity contribution in [3.05, 3.63) is 92.2 Å². The van der Waals surface area contributed by atoms with Crippen molar-refractivity contribution in [1.29, 1.82) is 0 Å². The molecule has 1 heterocycles. The lowest BCUT2D eigenvalue weighted by Gasteiger charge is -2.12. The van der Waals surface area contributed by atoms with Crippen LogP contribution in [0.5, 0.6) is 0 Å². The maximum Gasteiger partial charge on any atom is 0.337 e. The van der Waals surface area contributed by atoms with E-state index in [4.69, 9.17) is 0 Å². The van der Waals surface area contributed by atoms with Crippen LogP contribution in [0.3, 0.4) is 0 Å². The van der Waals surface area contributed by atoms with Crippen molar-refractivity contribution in [3.8, 4) is 0 Å². The molecule has 0 saturated carbocycles. The van der Waals surface area contributed by atoms with Crippen LogP contribution in [0.2, 0.25) is 0 Å². The first kappa shape index (κ1) is 19.9. The number of amides is 1. The number of allylic oxidation sites excluding steroid dienone is 2. The Morgan fingerprint density at radius 1 is 0.963 bits per heavy atom. The van der Waals surface area contributed by atoms with E-state index in [0.717, 1.165) is 24.8 Å². The zero-order valence-electron chi connectivity index (χ0n) is 15.2. The average molecular weight is 370 g/mol. The number of nitrogens with zero attached hydrogens (tertiary/aromatic N) is 3. The van der Waals surface area contributed by atoms with Crippen LogP contribution in [0.25, 0.3) is 0 Å². The summed E-state index contributed by atoms with van der Waals surface area (Å²) in [6.07, 6.45) is 2.74. The van der Waals surface area contributed by atoms with Crippen molar-refractivity contribution in [2.24, 2.45) is 0 Å². The quantitative estimate of drug-likeness (QED) is 0.670. The van der Waals surface area contributed by atoms with Gasteiger partial charge in [-0.15, -0.1) is 13.2 Å². The summed E-state index contributed by atoms with van der Waals surface area (Å²) in [6.45, 7) is 8.57. The lowest BCUT2D eigenvalue weighted by molar-refractivity contribution is -0.122. The molecule has 0 spiro atoms. The lowest BCUT2D eigenvalue weighted by atomic mass is 10.1. The van der Waals surface area contributed by atoms with Gasteiger partial charge in [0.2, 0.25) is 5.91 Å². The van der Waals surface area contributed by atoms with Crippen LogP contribution in [0.4, 0.5) is 0 Å². The van der Waals surface area contributed by atoms with Gasteiger partial charge in [-0.2, -0.15) is 0 Å². The van der Waals surface area contributed by atoms with Crippen LogP contribution in [0.15, 0.2) is 64.0 Å². The Morgan fingerprint density at radius 3 is 2.00 bits per heavy atom. The smallest absolute Gasteiger partial charge is 0.337 e. The molecule has 1 N–H and O–H groups in total. The Labute approximate surface area is 155 Å². The minimum Gasteiger partial charge on any atom is -0.350 e. The van der Waals surface area contributed by atoms with E-state index in [9.17, 15) is 19.2 Å². The number of carbonyl (C=O) groups is 1. The van der Waals surface area contributed by atoms with E-state index in [-0.39, 0.29) is 19.6 Å². The Balaban J connectivity index is 2.33. The fraction of sp³-hybridized carbons (Fsp3) is 0.263. The summed E-state index contributed by atoms with van der Waals surface area (Å²) in [5.41, 5.74) is -0.518. The minimum absolute atomic E-state index is 0.0695. The van der Waals surface area contributed by atoms with Crippen LogP contribution < -0.4 is 22.4 Å². The number of carbonyl (C=O) groups excluding carboxylic acids is 1. The molecule has 2 rings (SSSR count). The Bertz CT molecular complexity index is 995. The third kappa shape index (κ3) is 4.41. The number of nitrogens with one attached hydrogen (secondary N) is 1. The number of hydrogen-bond donors (Lipinski definition) is 1. The first-order chi connectivity index (χ1) is 12.9. The first-order valence-electron chi connectivity index (χ1n) is 8.38. The van der Waals surface area contributed by atoms with Crippen molar-refractivity contribution in [2.75, 3.05) is 0 Å². The monoisotopic (exact) mass is 370 g/mol. The first-order valence-corrected chi connectivity index (χ1v) is 8.38. The van der Waals surface area contributed by atoms with E-state index in [0.29, 0.717) is 0 Å². The maximum atomic E-state index is 12.5. The van der Waals surface area contributed by atoms with Gasteiger partial charge in [0.25, 0.3) is 0 Å². The highest BCUT2D eigenvalue weighted by Gasteiger charge is 2.16. The molecule has 1 aromatic heterocycles. The second-order valence-electron chi connectivity index (χ2n) is 5.94. The summed E-state index contributed by atoms with van der Waals surface area (Å²) in [5, 5.41) is 2.69. The third-order valence-electron chi connectivity index (χ3n) is 4.05. The fourth-order valence-electron chi connectivity index (χ4n) is 2.59. The number of aryl methyl sites for hydroxylation is 1. The van der Waals surface area contributed by atoms with E-state index in [1.54, 1.807) is 0 Å². The van der Waals surface area contributed by atoms with Crippen molar-refractivity contribution in [2.45, 2.75) is 33.1 Å². The Morgan fingerprint density at radius 2 is 1.48 bits per heavy atom. The molecular formula is C19H22N4O4. The van der Waals surface area contributed by atoms with Crippen molar-refractivity contribution in [3.63, 3.8) is 0 Å². The van der Waals surface area contributed by atoms with Crippen molar-refractivity contribution < 1.29 is 4.79 Å². The van der Waals surface area contributed by atoms with Crippen LogP contribution in [0.1, 0.15) is 11.1 Å². The van der Waals surface area contributed by atoms with Crippen LogP contribution in [-0.4, -0.2) is 19.6 Å². The van der Waals surface area contributed by atoms with Crippen LogP contribution in [0, 0.1) is 6.92 Å². The SMILES string of the molecule is C=CCn1c(=O)n(CC=C)c(=O)n(CC(=O)NCc2ccccc2C)c1=O. The van der Waals surface area contributed by atoms with Gasteiger partial charge in [-0.25, -0.2) is 28.1 Å². The maximum absolute atomic E-state index is 12.5.